The number of halogens is 4. The second-order valence-electron chi connectivity index (χ2n) is 22.6. The van der Waals surface area contributed by atoms with E-state index in [0.717, 1.165) is 38.4 Å². The molecule has 0 radical (unpaired) electrons. The van der Waals surface area contributed by atoms with Crippen molar-refractivity contribution in [2.75, 3.05) is 0 Å². The number of rotatable bonds is 21. The third-order valence-corrected chi connectivity index (χ3v) is 20.9. The summed E-state index contributed by atoms with van der Waals surface area (Å²) < 4.78 is 82.2. The molecule has 10 nitrogen and oxygen atoms in total. The molecule has 0 aliphatic carbocycles. The molecule has 0 aromatic heterocycles. The summed E-state index contributed by atoms with van der Waals surface area (Å²) in [5.74, 6) is 2.34. The quantitative estimate of drug-likeness (QED) is 0.0504. The fraction of sp³-hybridized carbons (Fsp3) is 0.103. The minimum Gasteiger partial charge on any atom is -0.486 e. The maximum atomic E-state index is 14.0. The molecule has 0 saturated carbocycles. The van der Waals surface area contributed by atoms with Crippen molar-refractivity contribution in [3.8, 4) is 45.6 Å². The summed E-state index contributed by atoms with van der Waals surface area (Å²) in [5.41, 5.74) is 6.56. The molecular formula is C78H58Cl4O10S2. The lowest BCUT2D eigenvalue weighted by molar-refractivity contribution is 0.103. The van der Waals surface area contributed by atoms with Crippen LogP contribution in [0.25, 0.3) is 32.7 Å². The van der Waals surface area contributed by atoms with Crippen LogP contribution in [0.5, 0.6) is 34.5 Å². The minimum atomic E-state index is -3.93. The van der Waals surface area contributed by atoms with E-state index >= 15 is 0 Å². The lowest BCUT2D eigenvalue weighted by Gasteiger charge is -2.20. The zero-order chi connectivity index (χ0) is 66.0. The first kappa shape index (κ1) is 64.8. The third-order valence-electron chi connectivity index (χ3n) is 16.3. The van der Waals surface area contributed by atoms with Gasteiger partial charge in [0.2, 0.25) is 19.7 Å². The van der Waals surface area contributed by atoms with Gasteiger partial charge in [-0.3, -0.25) is 9.59 Å². The molecule has 0 amide bonds. The molecule has 0 saturated heterocycles. The van der Waals surface area contributed by atoms with E-state index in [4.69, 9.17) is 65.4 Å². The van der Waals surface area contributed by atoms with Crippen LogP contribution >= 0.6 is 46.4 Å². The second-order valence-corrected chi connectivity index (χ2v) is 28.7. The Hall–Kier alpha value is -9.24. The van der Waals surface area contributed by atoms with Crippen LogP contribution in [0.15, 0.2) is 274 Å². The fourth-order valence-corrected chi connectivity index (χ4v) is 14.1. The van der Waals surface area contributed by atoms with Gasteiger partial charge in [-0.25, -0.2) is 16.8 Å². The Bertz CT molecular complexity index is 5030. The summed E-state index contributed by atoms with van der Waals surface area (Å²) in [6, 6.07) is 72.7. The molecule has 0 heterocycles. The second kappa shape index (κ2) is 27.4. The van der Waals surface area contributed by atoms with Crippen molar-refractivity contribution in [2.45, 2.75) is 70.2 Å². The monoisotopic (exact) mass is 1360 g/mol. The van der Waals surface area contributed by atoms with Crippen molar-refractivity contribution in [3.05, 3.63) is 309 Å². The Morgan fingerprint density at radius 2 is 0.691 bits per heavy atom. The number of hydrogen-bond acceptors (Lipinski definition) is 10. The van der Waals surface area contributed by atoms with Crippen molar-refractivity contribution in [3.63, 3.8) is 0 Å². The molecule has 4 atom stereocenters. The third kappa shape index (κ3) is 14.1. The lowest BCUT2D eigenvalue weighted by atomic mass is 9.92. The van der Waals surface area contributed by atoms with Gasteiger partial charge >= 0.3 is 0 Å². The lowest BCUT2D eigenvalue weighted by Crippen LogP contribution is -2.05. The van der Waals surface area contributed by atoms with Gasteiger partial charge in [0.25, 0.3) is 0 Å². The number of carbonyl (C=O) groups is 2. The molecule has 0 N–H and O–H groups in total. The van der Waals surface area contributed by atoms with Crippen LogP contribution in [0.4, 0.5) is 0 Å². The van der Waals surface area contributed by atoms with Crippen molar-refractivity contribution >= 4 is 99.2 Å². The van der Waals surface area contributed by atoms with Gasteiger partial charge in [-0.2, -0.15) is 0 Å². The molecule has 16 heteroatoms. The Labute approximate surface area is 565 Å². The first-order chi connectivity index (χ1) is 45.1. The largest absolute Gasteiger partial charge is 0.486 e. The topological polar surface area (TPSA) is 139 Å². The van der Waals surface area contributed by atoms with Crippen LogP contribution < -0.4 is 18.9 Å². The molecule has 470 valence electrons. The summed E-state index contributed by atoms with van der Waals surface area (Å²) in [6.07, 6.45) is -1.01. The number of fused-ring (bicyclic) bond motifs is 2. The molecule has 0 bridgehead atoms. The average molecular weight is 1360 g/mol. The molecule has 4 unspecified atom stereocenters. The zero-order valence-electron chi connectivity index (χ0n) is 51.0. The Balaban J connectivity index is 0.940. The van der Waals surface area contributed by atoms with Crippen LogP contribution in [0, 0.1) is 0 Å². The van der Waals surface area contributed by atoms with Crippen molar-refractivity contribution in [1.29, 1.82) is 0 Å². The number of carbonyl (C=O) groups excluding carboxylic acids is 2. The van der Waals surface area contributed by atoms with E-state index in [0.29, 0.717) is 83.3 Å². The van der Waals surface area contributed by atoms with Crippen LogP contribution in [0.3, 0.4) is 0 Å². The van der Waals surface area contributed by atoms with Crippen LogP contribution in [-0.4, -0.2) is 28.4 Å². The molecule has 94 heavy (non-hydrogen) atoms. The van der Waals surface area contributed by atoms with Crippen LogP contribution in [0.1, 0.15) is 105 Å². The van der Waals surface area contributed by atoms with E-state index in [9.17, 15) is 26.4 Å². The normalized spacial score (nSPS) is 13.0. The highest BCUT2D eigenvalue weighted by Crippen LogP contribution is 2.47. The fourth-order valence-electron chi connectivity index (χ4n) is 11.0. The zero-order valence-corrected chi connectivity index (χ0v) is 55.6. The summed E-state index contributed by atoms with van der Waals surface area (Å²) in [6.45, 7) is 7.50. The number of benzene rings is 12. The van der Waals surface area contributed by atoms with E-state index in [1.54, 1.807) is 133 Å². The van der Waals surface area contributed by atoms with E-state index in [1.807, 2.05) is 113 Å². The summed E-state index contributed by atoms with van der Waals surface area (Å²) >= 11 is 24.8. The van der Waals surface area contributed by atoms with Crippen LogP contribution in [-0.2, 0) is 19.7 Å². The molecule has 12 aromatic carbocycles. The Morgan fingerprint density at radius 3 is 1.19 bits per heavy atom. The average Bonchev–Trinajstić information content (AvgIpc) is 0.755. The highest BCUT2D eigenvalue weighted by molar-refractivity contribution is 7.91. The predicted molar refractivity (Wildman–Crippen MR) is 373 cm³/mol. The number of ketones is 2. The van der Waals surface area contributed by atoms with E-state index in [2.05, 4.69) is 0 Å². The maximum Gasteiger partial charge on any atom is 0.206 e. The summed E-state index contributed by atoms with van der Waals surface area (Å²) in [7, 11) is -7.77. The van der Waals surface area contributed by atoms with Crippen molar-refractivity contribution in [2.24, 2.45) is 0 Å². The number of hydrogen-bond donors (Lipinski definition) is 0. The molecule has 0 fully saturated rings. The van der Waals surface area contributed by atoms with Gasteiger partial charge in [-0.05, 0) is 241 Å². The number of sulfone groups is 2. The molecular weight excluding hydrogens is 1300 g/mol. The highest BCUT2D eigenvalue weighted by atomic mass is 35.5. The molecule has 12 aromatic rings. The minimum absolute atomic E-state index is 0.0661. The molecule has 0 aliphatic heterocycles. The van der Waals surface area contributed by atoms with Gasteiger partial charge < -0.3 is 18.9 Å². The Kier molecular flexibility index (Phi) is 18.9. The van der Waals surface area contributed by atoms with Crippen molar-refractivity contribution < 1.29 is 45.4 Å². The number of ether oxygens (including phenoxy) is 4. The summed E-state index contributed by atoms with van der Waals surface area (Å²) in [5, 5.41) is 3.48. The van der Waals surface area contributed by atoms with Gasteiger partial charge in [0.05, 0.1) is 30.3 Å². The molecule has 0 spiro atoms. The molecule has 12 rings (SSSR count). The number of alkyl halides is 2. The van der Waals surface area contributed by atoms with E-state index < -0.39 is 31.9 Å². The van der Waals surface area contributed by atoms with E-state index in [-0.39, 0.29) is 41.9 Å². The van der Waals surface area contributed by atoms with Crippen molar-refractivity contribution in [1.82, 2.24) is 0 Å². The van der Waals surface area contributed by atoms with Gasteiger partial charge in [-0.1, -0.05) is 114 Å². The van der Waals surface area contributed by atoms with Gasteiger partial charge in [-0.15, -0.1) is 23.2 Å². The summed E-state index contributed by atoms with van der Waals surface area (Å²) in [4.78, 5) is 27.5. The Morgan fingerprint density at radius 1 is 0.340 bits per heavy atom. The molecule has 0 aliphatic rings. The SMILES string of the molecule is CC(Cl)c1ccc(C(=O)c2ccc(Oc3cc(-c4c(Oc5ccc(S(=O)(=O)c6ccc(C(C)Cl)cc6)cc5)ccc5ccc(OC(C)c6ccc(S(=O)(=O)c7ccc(Cl)cc7)cc6)cc45)c4ccc(OC(C)c5ccc(C(=O)c6ccc(Cl)cc6)cc5)cc4c3)cc2)cc1. The first-order valence-corrected chi connectivity index (χ1v) is 34.6. The van der Waals surface area contributed by atoms with Gasteiger partial charge in [0.1, 0.15) is 46.7 Å². The first-order valence-electron chi connectivity index (χ1n) is 30.0. The van der Waals surface area contributed by atoms with Crippen LogP contribution in [0.2, 0.25) is 10.0 Å². The van der Waals surface area contributed by atoms with Gasteiger partial charge in [0, 0.05) is 37.9 Å². The smallest absolute Gasteiger partial charge is 0.206 e. The van der Waals surface area contributed by atoms with Gasteiger partial charge in [0.15, 0.2) is 11.6 Å². The standard InChI is InChI=1S/C78H58Cl4O10S2/c1-47(79)51-5-9-56(10-6-51)78(84)59-16-27-63(28-17-59)91-67-44-60-43-65(89-49(3)53-7-11-57(12-8-53)77(83)58-13-23-61(81)24-14-58)32-41-72(60)74(46-67)76-73-45-66(90-50(4)54-20-35-69(36-21-54)93(85,86)70-37-25-62(82)26-38-70)29-15-55(73)22-42-75(76)92-64-30-39-71(40-31-64)94(87,88)68-33-18-52(19-34-68)48(2)80/h5-50H,1-4H3. The maximum absolute atomic E-state index is 14.0. The van der Waals surface area contributed by atoms with E-state index in [1.165, 1.54) is 36.4 Å². The predicted octanol–water partition coefficient (Wildman–Crippen LogP) is 21.6. The highest BCUT2D eigenvalue weighted by Gasteiger charge is 2.24.